The van der Waals surface area contributed by atoms with Crippen molar-refractivity contribution >= 4 is 23.5 Å². The number of carbonyl (C=O) groups excluding carboxylic acids is 2. The Bertz CT molecular complexity index is 866. The molecule has 0 atom stereocenters. The van der Waals surface area contributed by atoms with Gasteiger partial charge in [0.25, 0.3) is 5.91 Å². The van der Waals surface area contributed by atoms with Crippen LogP contribution in [-0.2, 0) is 9.53 Å². The molecule has 0 saturated heterocycles. The molecule has 1 heterocycles. The fraction of sp³-hybridized carbons (Fsp3) is 0.400. The lowest BCUT2D eigenvalue weighted by molar-refractivity contribution is -0.125. The highest BCUT2D eigenvalue weighted by molar-refractivity contribution is 6.30. The zero-order valence-electron chi connectivity index (χ0n) is 16.5. The molecule has 0 spiro atoms. The highest BCUT2D eigenvalue weighted by Gasteiger charge is 2.21. The number of methoxy groups -OCH3 is 1. The zero-order chi connectivity index (χ0) is 20.4. The summed E-state index contributed by atoms with van der Waals surface area (Å²) in [6.45, 7) is 8.92. The molecule has 6 nitrogen and oxygen atoms in total. The van der Waals surface area contributed by atoms with E-state index in [0.29, 0.717) is 22.0 Å². The van der Waals surface area contributed by atoms with Gasteiger partial charge in [-0.1, -0.05) is 11.6 Å². The third kappa shape index (κ3) is 5.04. The molecule has 146 valence electrons. The molecular formula is C20H25ClN2O4. The predicted octanol–water partition coefficient (Wildman–Crippen LogP) is 3.83. The van der Waals surface area contributed by atoms with E-state index < -0.39 is 5.97 Å². The van der Waals surface area contributed by atoms with Gasteiger partial charge in [0.1, 0.15) is 5.75 Å². The Morgan fingerprint density at radius 1 is 1.19 bits per heavy atom. The number of nitrogens with zero attached hydrogens (tertiary/aromatic N) is 1. The molecule has 27 heavy (non-hydrogen) atoms. The number of hydrogen-bond acceptors (Lipinski definition) is 4. The number of rotatable bonds is 5. The first-order valence-corrected chi connectivity index (χ1v) is 8.92. The van der Waals surface area contributed by atoms with Gasteiger partial charge in [-0.2, -0.15) is 0 Å². The van der Waals surface area contributed by atoms with Crippen LogP contribution < -0.4 is 10.1 Å². The number of halogens is 1. The molecule has 0 saturated carbocycles. The molecular weight excluding hydrogens is 368 g/mol. The number of aryl methyl sites for hydroxylation is 1. The van der Waals surface area contributed by atoms with Crippen molar-refractivity contribution in [3.05, 3.63) is 46.2 Å². The van der Waals surface area contributed by atoms with Crippen LogP contribution in [0.4, 0.5) is 0 Å². The first kappa shape index (κ1) is 20.8. The second-order valence-electron chi connectivity index (χ2n) is 7.31. The van der Waals surface area contributed by atoms with Crippen LogP contribution in [0.15, 0.2) is 24.3 Å². The summed E-state index contributed by atoms with van der Waals surface area (Å²) in [5.41, 5.74) is 2.22. The lowest BCUT2D eigenvalue weighted by Gasteiger charge is -2.20. The first-order chi connectivity index (χ1) is 12.5. The third-order valence-electron chi connectivity index (χ3n) is 3.88. The molecule has 0 aliphatic rings. The molecule has 0 bridgehead atoms. The van der Waals surface area contributed by atoms with Gasteiger partial charge in [-0.25, -0.2) is 4.79 Å². The minimum atomic E-state index is -0.556. The van der Waals surface area contributed by atoms with E-state index in [1.165, 1.54) is 0 Å². The average Bonchev–Trinajstić information content (AvgIpc) is 2.85. The number of hydrogen-bond donors (Lipinski definition) is 1. The Morgan fingerprint density at radius 3 is 2.44 bits per heavy atom. The highest BCUT2D eigenvalue weighted by atomic mass is 35.5. The maximum absolute atomic E-state index is 12.5. The highest BCUT2D eigenvalue weighted by Crippen LogP contribution is 2.30. The molecule has 1 amide bonds. The summed E-state index contributed by atoms with van der Waals surface area (Å²) in [5.74, 6) is -0.272. The molecule has 1 aromatic carbocycles. The van der Waals surface area contributed by atoms with Crippen molar-refractivity contribution in [2.45, 2.75) is 40.2 Å². The van der Waals surface area contributed by atoms with Gasteiger partial charge in [0.2, 0.25) is 0 Å². The van der Waals surface area contributed by atoms with Crippen LogP contribution in [0.25, 0.3) is 5.69 Å². The molecule has 0 radical (unpaired) electrons. The Kier molecular flexibility index (Phi) is 6.21. The van der Waals surface area contributed by atoms with Crippen molar-refractivity contribution in [1.82, 2.24) is 9.88 Å². The summed E-state index contributed by atoms with van der Waals surface area (Å²) < 4.78 is 12.5. The van der Waals surface area contributed by atoms with Crippen molar-refractivity contribution in [2.24, 2.45) is 0 Å². The molecule has 0 fully saturated rings. The number of benzene rings is 1. The van der Waals surface area contributed by atoms with Crippen LogP contribution in [0.5, 0.6) is 5.75 Å². The second-order valence-corrected chi connectivity index (χ2v) is 7.75. The third-order valence-corrected chi connectivity index (χ3v) is 4.12. The Balaban J connectivity index is 2.27. The Hall–Kier alpha value is -2.47. The van der Waals surface area contributed by atoms with Crippen LogP contribution in [0, 0.1) is 13.8 Å². The summed E-state index contributed by atoms with van der Waals surface area (Å²) in [7, 11) is 1.57. The van der Waals surface area contributed by atoms with Gasteiger partial charge >= 0.3 is 5.97 Å². The maximum Gasteiger partial charge on any atom is 0.340 e. The molecule has 2 rings (SSSR count). The van der Waals surface area contributed by atoms with Crippen LogP contribution in [0.2, 0.25) is 5.02 Å². The summed E-state index contributed by atoms with van der Waals surface area (Å²) in [5, 5.41) is 3.31. The van der Waals surface area contributed by atoms with Gasteiger partial charge in [0.15, 0.2) is 6.61 Å². The van der Waals surface area contributed by atoms with Crippen LogP contribution in [0.3, 0.4) is 0 Å². The van der Waals surface area contributed by atoms with E-state index >= 15 is 0 Å². The minimum Gasteiger partial charge on any atom is -0.495 e. The summed E-state index contributed by atoms with van der Waals surface area (Å²) in [6, 6.07) is 7.00. The molecule has 2 aromatic rings. The van der Waals surface area contributed by atoms with Crippen LogP contribution in [0.1, 0.15) is 42.5 Å². The minimum absolute atomic E-state index is 0.333. The standard InChI is InChI=1S/C20H25ClN2O4/c1-12-9-15(19(25)27-11-18(24)22-20(3,4)5)13(2)23(12)16-10-14(21)7-8-17(16)26-6/h7-10H,11H2,1-6H3,(H,22,24). The topological polar surface area (TPSA) is 69.6 Å². The van der Waals surface area contributed by atoms with Gasteiger partial charge in [0, 0.05) is 21.9 Å². The van der Waals surface area contributed by atoms with E-state index in [1.807, 2.05) is 32.3 Å². The van der Waals surface area contributed by atoms with Crippen molar-refractivity contribution in [3.63, 3.8) is 0 Å². The van der Waals surface area contributed by atoms with E-state index in [-0.39, 0.29) is 18.1 Å². The number of nitrogens with one attached hydrogen (secondary N) is 1. The van der Waals surface area contributed by atoms with Crippen molar-refractivity contribution in [1.29, 1.82) is 0 Å². The van der Waals surface area contributed by atoms with E-state index in [1.54, 1.807) is 38.3 Å². The normalized spacial score (nSPS) is 11.2. The first-order valence-electron chi connectivity index (χ1n) is 8.54. The SMILES string of the molecule is COc1ccc(Cl)cc1-n1c(C)cc(C(=O)OCC(=O)NC(C)(C)C)c1C. The van der Waals surface area contributed by atoms with Crippen molar-refractivity contribution < 1.29 is 19.1 Å². The van der Waals surface area contributed by atoms with Crippen molar-refractivity contribution in [2.75, 3.05) is 13.7 Å². The lowest BCUT2D eigenvalue weighted by Crippen LogP contribution is -2.42. The molecule has 7 heteroatoms. The molecule has 0 aliphatic carbocycles. The fourth-order valence-corrected chi connectivity index (χ4v) is 3.01. The van der Waals surface area contributed by atoms with Gasteiger partial charge in [0.05, 0.1) is 18.4 Å². The zero-order valence-corrected chi connectivity index (χ0v) is 17.2. The monoisotopic (exact) mass is 392 g/mol. The van der Waals surface area contributed by atoms with E-state index in [2.05, 4.69) is 5.32 Å². The number of esters is 1. The van der Waals surface area contributed by atoms with Crippen LogP contribution in [-0.4, -0.2) is 35.7 Å². The number of ether oxygens (including phenoxy) is 2. The molecule has 1 aromatic heterocycles. The van der Waals surface area contributed by atoms with Gasteiger partial charge in [-0.3, -0.25) is 4.79 Å². The fourth-order valence-electron chi connectivity index (χ4n) is 2.84. The predicted molar refractivity (Wildman–Crippen MR) is 105 cm³/mol. The van der Waals surface area contributed by atoms with E-state index in [4.69, 9.17) is 21.1 Å². The summed E-state index contributed by atoms with van der Waals surface area (Å²) in [6.07, 6.45) is 0. The number of amides is 1. The smallest absolute Gasteiger partial charge is 0.340 e. The molecule has 0 aliphatic heterocycles. The Labute approximate surface area is 164 Å². The van der Waals surface area contributed by atoms with E-state index in [9.17, 15) is 9.59 Å². The number of aromatic nitrogens is 1. The Morgan fingerprint density at radius 2 is 1.85 bits per heavy atom. The average molecular weight is 393 g/mol. The van der Waals surface area contributed by atoms with Gasteiger partial charge < -0.3 is 19.4 Å². The number of carbonyl (C=O) groups is 2. The lowest BCUT2D eigenvalue weighted by atomic mass is 10.1. The van der Waals surface area contributed by atoms with E-state index in [0.717, 1.165) is 11.4 Å². The van der Waals surface area contributed by atoms with Gasteiger partial charge in [-0.05, 0) is 58.9 Å². The van der Waals surface area contributed by atoms with Crippen LogP contribution >= 0.6 is 11.6 Å². The van der Waals surface area contributed by atoms with Crippen molar-refractivity contribution in [3.8, 4) is 11.4 Å². The summed E-state index contributed by atoms with van der Waals surface area (Å²) in [4.78, 5) is 24.4. The van der Waals surface area contributed by atoms with Gasteiger partial charge in [-0.15, -0.1) is 0 Å². The quantitative estimate of drug-likeness (QED) is 0.785. The molecule has 0 unspecified atom stereocenters. The summed E-state index contributed by atoms with van der Waals surface area (Å²) >= 11 is 6.13. The second kappa shape index (κ2) is 8.05. The molecule has 1 N–H and O–H groups in total. The maximum atomic E-state index is 12.5. The largest absolute Gasteiger partial charge is 0.495 e.